The van der Waals surface area contributed by atoms with Crippen LogP contribution in [0.15, 0.2) is 35.6 Å². The van der Waals surface area contributed by atoms with Crippen LogP contribution in [-0.2, 0) is 9.59 Å². The molecule has 3 nitrogen and oxygen atoms in total. The monoisotopic (exact) mass is 193 g/mol. The summed E-state index contributed by atoms with van der Waals surface area (Å²) in [5.74, 6) is -0.251. The summed E-state index contributed by atoms with van der Waals surface area (Å²) >= 11 is 0. The predicted octanol–water partition coefficient (Wildman–Crippen LogP) is 1.73. The number of carbonyl (C=O) groups is 2. The fraction of sp³-hybridized carbons (Fsp3) is 0.273. The minimum atomic E-state index is -0.251. The lowest BCUT2D eigenvalue weighted by atomic mass is 10.2. The molecule has 3 heteroatoms. The number of allylic oxidation sites excluding steroid dienone is 6. The lowest BCUT2D eigenvalue weighted by molar-refractivity contribution is -0.119. The Morgan fingerprint density at radius 3 is 2.29 bits per heavy atom. The Morgan fingerprint density at radius 1 is 1.29 bits per heavy atom. The van der Waals surface area contributed by atoms with Crippen LogP contribution in [0, 0.1) is 0 Å². The maximum Gasteiger partial charge on any atom is 0.221 e. The van der Waals surface area contributed by atoms with Gasteiger partial charge in [0.25, 0.3) is 0 Å². The molecule has 0 radical (unpaired) electrons. The summed E-state index contributed by atoms with van der Waals surface area (Å²) in [5.41, 5.74) is 1.15. The molecule has 0 aromatic rings. The summed E-state index contributed by atoms with van der Waals surface area (Å²) in [7, 11) is 0. The van der Waals surface area contributed by atoms with E-state index in [-0.39, 0.29) is 11.6 Å². The first-order valence-corrected chi connectivity index (χ1v) is 4.37. The van der Waals surface area contributed by atoms with E-state index in [4.69, 9.17) is 0 Å². The van der Waals surface area contributed by atoms with Crippen molar-refractivity contribution in [1.82, 2.24) is 5.32 Å². The lowest BCUT2D eigenvalue weighted by Gasteiger charge is -2.00. The molecule has 0 bridgehead atoms. The standard InChI is InChI=1S/C11H15NO2/c1-4-6-10(5-2)7-11(8-13)12-9(3)14/h4-8H,1-3H3,(H,12,14)/b6-4-,10-5-,11-7+. The molecule has 0 rings (SSSR count). The van der Waals surface area contributed by atoms with E-state index in [0.29, 0.717) is 6.29 Å². The Labute approximate surface area is 84.2 Å². The van der Waals surface area contributed by atoms with E-state index in [1.54, 1.807) is 6.08 Å². The van der Waals surface area contributed by atoms with Crippen LogP contribution in [0.3, 0.4) is 0 Å². The van der Waals surface area contributed by atoms with Crippen molar-refractivity contribution in [3.63, 3.8) is 0 Å². The molecule has 0 saturated carbocycles. The molecule has 1 amide bonds. The predicted molar refractivity (Wildman–Crippen MR) is 56.5 cm³/mol. The topological polar surface area (TPSA) is 46.2 Å². The molecule has 14 heavy (non-hydrogen) atoms. The number of carbonyl (C=O) groups excluding carboxylic acids is 2. The van der Waals surface area contributed by atoms with Gasteiger partial charge < -0.3 is 5.32 Å². The van der Waals surface area contributed by atoms with Gasteiger partial charge in [-0.2, -0.15) is 0 Å². The van der Waals surface area contributed by atoms with Gasteiger partial charge in [0.1, 0.15) is 0 Å². The van der Waals surface area contributed by atoms with E-state index in [2.05, 4.69) is 5.32 Å². The van der Waals surface area contributed by atoms with Crippen LogP contribution in [0.25, 0.3) is 0 Å². The second-order valence-electron chi connectivity index (χ2n) is 2.69. The molecule has 0 heterocycles. The Hall–Kier alpha value is -1.64. The highest BCUT2D eigenvalue weighted by Crippen LogP contribution is 2.01. The van der Waals surface area contributed by atoms with Crippen molar-refractivity contribution in [3.05, 3.63) is 35.6 Å². The molecule has 76 valence electrons. The van der Waals surface area contributed by atoms with Gasteiger partial charge in [0, 0.05) is 6.92 Å². The van der Waals surface area contributed by atoms with Crippen molar-refractivity contribution in [1.29, 1.82) is 0 Å². The average Bonchev–Trinajstić information content (AvgIpc) is 2.15. The molecule has 0 fully saturated rings. The fourth-order valence-corrected chi connectivity index (χ4v) is 0.903. The number of hydrogen-bond acceptors (Lipinski definition) is 2. The van der Waals surface area contributed by atoms with E-state index < -0.39 is 0 Å². The molecule has 0 unspecified atom stereocenters. The number of nitrogens with one attached hydrogen (secondary N) is 1. The van der Waals surface area contributed by atoms with Crippen LogP contribution in [0.2, 0.25) is 0 Å². The highest BCUT2D eigenvalue weighted by Gasteiger charge is 1.97. The van der Waals surface area contributed by atoms with Crippen molar-refractivity contribution in [2.75, 3.05) is 0 Å². The second-order valence-corrected chi connectivity index (χ2v) is 2.69. The molecule has 0 spiro atoms. The first-order chi connectivity index (χ1) is 6.63. The van der Waals surface area contributed by atoms with Crippen LogP contribution in [0.4, 0.5) is 0 Å². The Bertz CT molecular complexity index is 298. The summed E-state index contributed by atoms with van der Waals surface area (Å²) in [6.07, 6.45) is 7.81. The zero-order valence-electron chi connectivity index (χ0n) is 8.70. The zero-order chi connectivity index (χ0) is 11.0. The van der Waals surface area contributed by atoms with Crippen molar-refractivity contribution in [2.45, 2.75) is 20.8 Å². The van der Waals surface area contributed by atoms with E-state index in [1.807, 2.05) is 32.1 Å². The zero-order valence-corrected chi connectivity index (χ0v) is 8.70. The maximum atomic E-state index is 10.7. The lowest BCUT2D eigenvalue weighted by Crippen LogP contribution is -2.19. The van der Waals surface area contributed by atoms with Crippen LogP contribution in [0.1, 0.15) is 20.8 Å². The number of hydrogen-bond donors (Lipinski definition) is 1. The largest absolute Gasteiger partial charge is 0.324 e. The van der Waals surface area contributed by atoms with Gasteiger partial charge in [0.15, 0.2) is 6.29 Å². The Kier molecular flexibility index (Phi) is 6.03. The van der Waals surface area contributed by atoms with Crippen molar-refractivity contribution >= 4 is 12.2 Å². The highest BCUT2D eigenvalue weighted by molar-refractivity contribution is 5.84. The normalized spacial score (nSPS) is 13.1. The minimum absolute atomic E-state index is 0.251. The van der Waals surface area contributed by atoms with Crippen LogP contribution >= 0.6 is 0 Å². The van der Waals surface area contributed by atoms with E-state index in [0.717, 1.165) is 5.57 Å². The summed E-state index contributed by atoms with van der Waals surface area (Å²) in [5, 5.41) is 2.43. The summed E-state index contributed by atoms with van der Waals surface area (Å²) in [4.78, 5) is 21.3. The van der Waals surface area contributed by atoms with Gasteiger partial charge in [-0.1, -0.05) is 18.2 Å². The average molecular weight is 193 g/mol. The first kappa shape index (κ1) is 12.4. The SMILES string of the molecule is C\C=C/C(=C/C)/C=C(\C=O)NC(C)=O. The van der Waals surface area contributed by atoms with E-state index in [1.165, 1.54) is 6.92 Å². The molecular formula is C11H15NO2. The van der Waals surface area contributed by atoms with Gasteiger partial charge in [-0.05, 0) is 25.5 Å². The van der Waals surface area contributed by atoms with Crippen molar-refractivity contribution in [3.8, 4) is 0 Å². The second kappa shape index (κ2) is 6.83. The maximum absolute atomic E-state index is 10.7. The molecule has 0 aliphatic rings. The molecule has 0 aromatic carbocycles. The third kappa shape index (κ3) is 5.09. The Morgan fingerprint density at radius 2 is 1.93 bits per heavy atom. The van der Waals surface area contributed by atoms with Crippen LogP contribution in [0.5, 0.6) is 0 Å². The van der Waals surface area contributed by atoms with Crippen LogP contribution in [-0.4, -0.2) is 12.2 Å². The van der Waals surface area contributed by atoms with E-state index in [9.17, 15) is 9.59 Å². The molecule has 0 aromatic heterocycles. The number of rotatable bonds is 4. The fourth-order valence-electron chi connectivity index (χ4n) is 0.903. The number of amides is 1. The first-order valence-electron chi connectivity index (χ1n) is 4.37. The van der Waals surface area contributed by atoms with Gasteiger partial charge in [-0.15, -0.1) is 0 Å². The molecule has 0 aliphatic heterocycles. The summed E-state index contributed by atoms with van der Waals surface area (Å²) in [6.45, 7) is 5.11. The highest BCUT2D eigenvalue weighted by atomic mass is 16.2. The summed E-state index contributed by atoms with van der Waals surface area (Å²) in [6, 6.07) is 0. The quantitative estimate of drug-likeness (QED) is 0.420. The Balaban J connectivity index is 4.72. The molecule has 0 saturated heterocycles. The van der Waals surface area contributed by atoms with Crippen LogP contribution < -0.4 is 5.32 Å². The third-order valence-corrected chi connectivity index (χ3v) is 1.46. The van der Waals surface area contributed by atoms with Crippen molar-refractivity contribution < 1.29 is 9.59 Å². The van der Waals surface area contributed by atoms with E-state index >= 15 is 0 Å². The smallest absolute Gasteiger partial charge is 0.221 e. The van der Waals surface area contributed by atoms with Gasteiger partial charge in [0.2, 0.25) is 5.91 Å². The van der Waals surface area contributed by atoms with Gasteiger partial charge >= 0.3 is 0 Å². The molecule has 0 aliphatic carbocycles. The molecule has 0 atom stereocenters. The van der Waals surface area contributed by atoms with Gasteiger partial charge in [-0.25, -0.2) is 0 Å². The van der Waals surface area contributed by atoms with Gasteiger partial charge in [0.05, 0.1) is 5.70 Å². The summed E-state index contributed by atoms with van der Waals surface area (Å²) < 4.78 is 0. The minimum Gasteiger partial charge on any atom is -0.324 e. The third-order valence-electron chi connectivity index (χ3n) is 1.46. The van der Waals surface area contributed by atoms with Crippen molar-refractivity contribution in [2.24, 2.45) is 0 Å². The van der Waals surface area contributed by atoms with Gasteiger partial charge in [-0.3, -0.25) is 9.59 Å². The molecular weight excluding hydrogens is 178 g/mol. The molecule has 1 N–H and O–H groups in total. The number of aldehydes is 1.